The second kappa shape index (κ2) is 10.7. The van der Waals surface area contributed by atoms with Crippen LogP contribution in [0.1, 0.15) is 57.5 Å². The SMILES string of the molecule is CC(C)(C)OC(=O)n1ncc2cc(C=O)c(F)cc21.CC(C)(C)OC(=O)n1ncc2cc(CO)c(F)cc21. The van der Waals surface area contributed by atoms with Gasteiger partial charge in [0.05, 0.1) is 35.6 Å². The maximum atomic E-state index is 13.6. The Hall–Kier alpha value is -4.19. The fourth-order valence-corrected chi connectivity index (χ4v) is 3.27. The highest BCUT2D eigenvalue weighted by atomic mass is 19.1. The number of carbonyl (C=O) groups is 3. The smallest absolute Gasteiger partial charge is 0.435 e. The van der Waals surface area contributed by atoms with E-state index in [1.54, 1.807) is 41.5 Å². The summed E-state index contributed by atoms with van der Waals surface area (Å²) in [7, 11) is 0. The third kappa shape index (κ3) is 6.57. The van der Waals surface area contributed by atoms with Crippen molar-refractivity contribution in [1.29, 1.82) is 0 Å². The molecule has 2 heterocycles. The van der Waals surface area contributed by atoms with Gasteiger partial charge in [-0.25, -0.2) is 18.4 Å². The van der Waals surface area contributed by atoms with Gasteiger partial charge in [0.15, 0.2) is 6.29 Å². The molecule has 0 amide bonds. The summed E-state index contributed by atoms with van der Waals surface area (Å²) < 4.78 is 39.5. The first-order valence-electron chi connectivity index (χ1n) is 11.5. The van der Waals surface area contributed by atoms with Crippen molar-refractivity contribution in [3.05, 3.63) is 59.4 Å². The zero-order valence-corrected chi connectivity index (χ0v) is 21.8. The molecule has 0 saturated heterocycles. The largest absolute Gasteiger partial charge is 0.442 e. The number of aldehydes is 1. The van der Waals surface area contributed by atoms with Gasteiger partial charge < -0.3 is 14.6 Å². The van der Waals surface area contributed by atoms with E-state index in [0.29, 0.717) is 22.6 Å². The van der Waals surface area contributed by atoms with E-state index < -0.39 is 41.6 Å². The molecule has 0 aliphatic carbocycles. The van der Waals surface area contributed by atoms with Gasteiger partial charge in [0.1, 0.15) is 22.8 Å². The molecule has 0 saturated carbocycles. The number of aromatic nitrogens is 4. The maximum absolute atomic E-state index is 13.6. The number of fused-ring (bicyclic) bond motifs is 2. The van der Waals surface area contributed by atoms with Crippen LogP contribution in [0.4, 0.5) is 18.4 Å². The fraction of sp³-hybridized carbons (Fsp3) is 0.346. The van der Waals surface area contributed by atoms with Crippen LogP contribution in [-0.2, 0) is 16.1 Å². The van der Waals surface area contributed by atoms with Crippen LogP contribution < -0.4 is 0 Å². The number of rotatable bonds is 2. The average Bonchev–Trinajstić information content (AvgIpc) is 3.39. The number of carbonyl (C=O) groups excluding carboxylic acids is 3. The molecular formula is C26H28F2N4O6. The quantitative estimate of drug-likeness (QED) is 0.350. The summed E-state index contributed by atoms with van der Waals surface area (Å²) in [5, 5.41) is 17.8. The number of nitrogens with zero attached hydrogens (tertiary/aromatic N) is 4. The van der Waals surface area contributed by atoms with Gasteiger partial charge in [-0.2, -0.15) is 19.6 Å². The lowest BCUT2D eigenvalue weighted by Crippen LogP contribution is -2.27. The van der Waals surface area contributed by atoms with Crippen LogP contribution in [0.25, 0.3) is 21.8 Å². The number of ether oxygens (including phenoxy) is 2. The summed E-state index contributed by atoms with van der Waals surface area (Å²) in [6, 6.07) is 5.05. The highest BCUT2D eigenvalue weighted by molar-refractivity contribution is 5.92. The number of aliphatic hydroxyl groups is 1. The van der Waals surface area contributed by atoms with Crippen molar-refractivity contribution in [3.63, 3.8) is 0 Å². The van der Waals surface area contributed by atoms with Gasteiger partial charge in [-0.1, -0.05) is 0 Å². The van der Waals surface area contributed by atoms with Crippen molar-refractivity contribution < 1.29 is 37.7 Å². The van der Waals surface area contributed by atoms with Gasteiger partial charge in [-0.15, -0.1) is 0 Å². The van der Waals surface area contributed by atoms with Crippen molar-refractivity contribution in [1.82, 2.24) is 19.6 Å². The Labute approximate surface area is 216 Å². The second-order valence-corrected chi connectivity index (χ2v) is 10.3. The number of hydrogen-bond donors (Lipinski definition) is 1. The molecule has 202 valence electrons. The Kier molecular flexibility index (Phi) is 7.96. The molecule has 4 rings (SSSR count). The molecule has 0 aliphatic rings. The molecule has 0 unspecified atom stereocenters. The van der Waals surface area contributed by atoms with E-state index in [1.807, 2.05) is 0 Å². The van der Waals surface area contributed by atoms with Crippen LogP contribution in [0.2, 0.25) is 0 Å². The zero-order chi connectivity index (χ0) is 28.4. The molecule has 38 heavy (non-hydrogen) atoms. The minimum Gasteiger partial charge on any atom is -0.442 e. The molecule has 10 nitrogen and oxygen atoms in total. The summed E-state index contributed by atoms with van der Waals surface area (Å²) in [6.45, 7) is 9.98. The predicted octanol–water partition coefficient (Wildman–Crippen LogP) is 5.22. The molecule has 0 spiro atoms. The molecule has 0 bridgehead atoms. The molecule has 0 fully saturated rings. The van der Waals surface area contributed by atoms with Gasteiger partial charge in [-0.3, -0.25) is 4.79 Å². The van der Waals surface area contributed by atoms with E-state index in [-0.39, 0.29) is 16.6 Å². The normalized spacial score (nSPS) is 11.7. The number of hydrogen-bond acceptors (Lipinski definition) is 8. The molecule has 2 aromatic carbocycles. The summed E-state index contributed by atoms with van der Waals surface area (Å²) in [4.78, 5) is 34.4. The monoisotopic (exact) mass is 530 g/mol. The fourth-order valence-electron chi connectivity index (χ4n) is 3.27. The molecule has 4 aromatic rings. The standard InChI is InChI=1S/C13H15FN2O3.C13H13FN2O3/c2*1-13(2,3)19-12(18)16-11-5-10(14)9(7-17)4-8(11)6-15-16/h4-6,17H,7H2,1-3H3;4-7H,1-3H3. The minimum atomic E-state index is -0.701. The van der Waals surface area contributed by atoms with Crippen LogP contribution in [0.5, 0.6) is 0 Å². The van der Waals surface area contributed by atoms with Crippen LogP contribution in [0, 0.1) is 11.6 Å². The van der Waals surface area contributed by atoms with E-state index >= 15 is 0 Å². The predicted molar refractivity (Wildman–Crippen MR) is 134 cm³/mol. The van der Waals surface area contributed by atoms with E-state index in [2.05, 4.69) is 10.2 Å². The van der Waals surface area contributed by atoms with Gasteiger partial charge in [0.25, 0.3) is 0 Å². The Morgan fingerprint density at radius 1 is 0.842 bits per heavy atom. The van der Waals surface area contributed by atoms with E-state index in [4.69, 9.17) is 14.6 Å². The summed E-state index contributed by atoms with van der Waals surface area (Å²) in [5.74, 6) is -1.28. The highest BCUT2D eigenvalue weighted by Gasteiger charge is 2.22. The number of aliphatic hydroxyl groups excluding tert-OH is 1. The second-order valence-electron chi connectivity index (χ2n) is 10.3. The molecule has 12 heteroatoms. The van der Waals surface area contributed by atoms with Crippen LogP contribution >= 0.6 is 0 Å². The van der Waals surface area contributed by atoms with Gasteiger partial charge in [0, 0.05) is 28.5 Å². The first-order chi connectivity index (χ1) is 17.6. The zero-order valence-electron chi connectivity index (χ0n) is 21.8. The van der Waals surface area contributed by atoms with Gasteiger partial charge in [0.2, 0.25) is 0 Å². The van der Waals surface area contributed by atoms with Crippen LogP contribution in [0.3, 0.4) is 0 Å². The van der Waals surface area contributed by atoms with E-state index in [9.17, 15) is 23.2 Å². The van der Waals surface area contributed by atoms with Crippen LogP contribution in [0.15, 0.2) is 36.7 Å². The lowest BCUT2D eigenvalue weighted by molar-refractivity contribution is 0.0511. The van der Waals surface area contributed by atoms with Crippen molar-refractivity contribution in [2.24, 2.45) is 0 Å². The third-order valence-electron chi connectivity index (χ3n) is 4.85. The topological polar surface area (TPSA) is 126 Å². The lowest BCUT2D eigenvalue weighted by Gasteiger charge is -2.19. The van der Waals surface area contributed by atoms with Crippen molar-refractivity contribution in [2.75, 3.05) is 0 Å². The van der Waals surface area contributed by atoms with Crippen molar-refractivity contribution in [3.8, 4) is 0 Å². The summed E-state index contributed by atoms with van der Waals surface area (Å²) >= 11 is 0. The third-order valence-corrected chi connectivity index (χ3v) is 4.85. The molecular weight excluding hydrogens is 502 g/mol. The van der Waals surface area contributed by atoms with Gasteiger partial charge >= 0.3 is 12.2 Å². The number of benzene rings is 2. The first kappa shape index (κ1) is 28.4. The Balaban J connectivity index is 0.000000211. The van der Waals surface area contributed by atoms with Gasteiger partial charge in [-0.05, 0) is 53.7 Å². The highest BCUT2D eigenvalue weighted by Crippen LogP contribution is 2.21. The Morgan fingerprint density at radius 2 is 1.29 bits per heavy atom. The van der Waals surface area contributed by atoms with Crippen molar-refractivity contribution in [2.45, 2.75) is 59.4 Å². The average molecular weight is 531 g/mol. The van der Waals surface area contributed by atoms with Crippen molar-refractivity contribution >= 4 is 40.3 Å². The summed E-state index contributed by atoms with van der Waals surface area (Å²) in [6.07, 6.45) is 1.86. The molecule has 0 atom stereocenters. The Bertz CT molecular complexity index is 1510. The maximum Gasteiger partial charge on any atom is 0.435 e. The lowest BCUT2D eigenvalue weighted by atomic mass is 10.1. The molecule has 0 aliphatic heterocycles. The number of halogens is 2. The summed E-state index contributed by atoms with van der Waals surface area (Å²) in [5.41, 5.74) is -0.663. The van der Waals surface area contributed by atoms with Crippen LogP contribution in [-0.4, -0.2) is 54.3 Å². The minimum absolute atomic E-state index is 0.0729. The Morgan fingerprint density at radius 3 is 1.71 bits per heavy atom. The molecule has 1 N–H and O–H groups in total. The molecule has 0 radical (unpaired) electrons. The molecule has 2 aromatic heterocycles. The van der Waals surface area contributed by atoms with E-state index in [1.165, 1.54) is 24.5 Å². The van der Waals surface area contributed by atoms with E-state index in [0.717, 1.165) is 21.5 Å². The first-order valence-corrected chi connectivity index (χ1v) is 11.5.